The molecule has 0 N–H and O–H groups in total. The molecule has 0 spiro atoms. The van der Waals surface area contributed by atoms with Crippen LogP contribution in [0.4, 0.5) is 0 Å². The molecule has 0 aromatic heterocycles. The van der Waals surface area contributed by atoms with Crippen molar-refractivity contribution in [1.29, 1.82) is 0 Å². The summed E-state index contributed by atoms with van der Waals surface area (Å²) in [6.45, 7) is 3.59. The summed E-state index contributed by atoms with van der Waals surface area (Å²) < 4.78 is 0. The molecule has 1 saturated heterocycles. The number of nitrogens with zero attached hydrogens (tertiary/aromatic N) is 1. The van der Waals surface area contributed by atoms with Crippen molar-refractivity contribution in [3.63, 3.8) is 0 Å². The highest BCUT2D eigenvalue weighted by atomic mass is 35.5. The standard InChI is InChI=1S/C6H13N.ClH/c1-6-4-3-5-7(6)2;/h6H,3-5H2,1-2H3;1H. The molecule has 1 rings (SSSR count). The number of likely N-dealkylation sites (tertiary alicyclic amines) is 1. The number of halogens is 1. The van der Waals surface area contributed by atoms with Crippen LogP contribution >= 0.6 is 12.4 Å². The average Bonchev–Trinajstić information content (AvgIpc) is 1.91. The summed E-state index contributed by atoms with van der Waals surface area (Å²) >= 11 is 0. The smallest absolute Gasteiger partial charge is 0.00643 e. The second kappa shape index (κ2) is 3.31. The summed E-state index contributed by atoms with van der Waals surface area (Å²) in [5.41, 5.74) is 0. The molecule has 0 aromatic carbocycles. The Hall–Kier alpha value is 0.250. The van der Waals surface area contributed by atoms with Gasteiger partial charge in [0, 0.05) is 6.04 Å². The van der Waals surface area contributed by atoms with E-state index in [0.717, 1.165) is 6.04 Å². The second-order valence-corrected chi connectivity index (χ2v) is 2.47. The van der Waals surface area contributed by atoms with Crippen molar-refractivity contribution in [3.05, 3.63) is 0 Å². The Balaban J connectivity index is 0.000000490. The minimum Gasteiger partial charge on any atom is -0.304 e. The fraction of sp³-hybridized carbons (Fsp3) is 1.00. The lowest BCUT2D eigenvalue weighted by atomic mass is 10.3. The Kier molecular flexibility index (Phi) is 3.41. The maximum atomic E-state index is 2.40. The van der Waals surface area contributed by atoms with Crippen LogP contribution in [0.5, 0.6) is 0 Å². The summed E-state index contributed by atoms with van der Waals surface area (Å²) in [6.07, 6.45) is 2.80. The quantitative estimate of drug-likeness (QED) is 0.487. The monoisotopic (exact) mass is 135 g/mol. The Labute approximate surface area is 57.5 Å². The number of rotatable bonds is 0. The normalized spacial score (nSPS) is 30.0. The maximum absolute atomic E-state index is 2.40. The summed E-state index contributed by atoms with van der Waals surface area (Å²) in [4.78, 5) is 2.40. The van der Waals surface area contributed by atoms with Gasteiger partial charge in [-0.25, -0.2) is 0 Å². The van der Waals surface area contributed by atoms with Crippen LogP contribution in [-0.4, -0.2) is 24.5 Å². The molecule has 8 heavy (non-hydrogen) atoms. The molecule has 1 atom stereocenters. The van der Waals surface area contributed by atoms with Crippen LogP contribution in [0.15, 0.2) is 0 Å². The summed E-state index contributed by atoms with van der Waals surface area (Å²) in [5.74, 6) is 0. The van der Waals surface area contributed by atoms with Crippen LogP contribution in [0.25, 0.3) is 0 Å². The van der Waals surface area contributed by atoms with Gasteiger partial charge < -0.3 is 4.90 Å². The van der Waals surface area contributed by atoms with Crippen molar-refractivity contribution in [2.45, 2.75) is 25.8 Å². The highest BCUT2D eigenvalue weighted by Crippen LogP contribution is 2.12. The van der Waals surface area contributed by atoms with E-state index in [1.807, 2.05) is 0 Å². The van der Waals surface area contributed by atoms with Gasteiger partial charge in [0.2, 0.25) is 0 Å². The third-order valence-electron chi connectivity index (χ3n) is 1.89. The molecule has 1 unspecified atom stereocenters. The van der Waals surface area contributed by atoms with Crippen molar-refractivity contribution in [3.8, 4) is 0 Å². The molecule has 0 aliphatic carbocycles. The molecule has 1 aliphatic heterocycles. The molecule has 0 radical (unpaired) electrons. The third-order valence-corrected chi connectivity index (χ3v) is 1.89. The first-order valence-electron chi connectivity index (χ1n) is 3.01. The van der Waals surface area contributed by atoms with Gasteiger partial charge in [0.15, 0.2) is 0 Å². The topological polar surface area (TPSA) is 3.24 Å². The molecule has 1 nitrogen and oxygen atoms in total. The summed E-state index contributed by atoms with van der Waals surface area (Å²) in [5, 5.41) is 0. The van der Waals surface area contributed by atoms with Crippen molar-refractivity contribution >= 4 is 12.4 Å². The van der Waals surface area contributed by atoms with Gasteiger partial charge in [-0.3, -0.25) is 0 Å². The van der Waals surface area contributed by atoms with Crippen molar-refractivity contribution in [1.82, 2.24) is 4.90 Å². The zero-order valence-electron chi connectivity index (χ0n) is 5.55. The highest BCUT2D eigenvalue weighted by Gasteiger charge is 2.14. The SMILES string of the molecule is CC1CCCN1C.Cl. The van der Waals surface area contributed by atoms with Crippen molar-refractivity contribution in [2.75, 3.05) is 13.6 Å². The molecule has 0 amide bonds. The van der Waals surface area contributed by atoms with E-state index in [2.05, 4.69) is 18.9 Å². The predicted octanol–water partition coefficient (Wildman–Crippen LogP) is 1.52. The zero-order valence-corrected chi connectivity index (χ0v) is 6.37. The number of hydrogen-bond acceptors (Lipinski definition) is 1. The lowest BCUT2D eigenvalue weighted by Crippen LogP contribution is -2.20. The van der Waals surface area contributed by atoms with Crippen molar-refractivity contribution < 1.29 is 0 Å². The molecule has 0 saturated carbocycles. The average molecular weight is 136 g/mol. The molecule has 1 aliphatic rings. The first-order chi connectivity index (χ1) is 3.30. The van der Waals surface area contributed by atoms with Gasteiger partial charge >= 0.3 is 0 Å². The summed E-state index contributed by atoms with van der Waals surface area (Å²) in [6, 6.07) is 0.847. The van der Waals surface area contributed by atoms with E-state index in [4.69, 9.17) is 0 Å². The molecule has 50 valence electrons. The molecular formula is C6H14ClN. The van der Waals surface area contributed by atoms with E-state index in [1.165, 1.54) is 19.4 Å². The van der Waals surface area contributed by atoms with Crippen LogP contribution in [-0.2, 0) is 0 Å². The van der Waals surface area contributed by atoms with E-state index in [-0.39, 0.29) is 12.4 Å². The van der Waals surface area contributed by atoms with Gasteiger partial charge in [0.1, 0.15) is 0 Å². The lowest BCUT2D eigenvalue weighted by molar-refractivity contribution is 0.331. The second-order valence-electron chi connectivity index (χ2n) is 2.47. The minimum atomic E-state index is 0. The van der Waals surface area contributed by atoms with Crippen LogP contribution in [0.2, 0.25) is 0 Å². The Morgan fingerprint density at radius 3 is 2.25 bits per heavy atom. The van der Waals surface area contributed by atoms with Crippen LogP contribution in [0.1, 0.15) is 19.8 Å². The van der Waals surface area contributed by atoms with Gasteiger partial charge in [0.05, 0.1) is 0 Å². The zero-order chi connectivity index (χ0) is 5.28. The van der Waals surface area contributed by atoms with E-state index in [0.29, 0.717) is 0 Å². The van der Waals surface area contributed by atoms with E-state index in [9.17, 15) is 0 Å². The van der Waals surface area contributed by atoms with Crippen LogP contribution in [0.3, 0.4) is 0 Å². The van der Waals surface area contributed by atoms with E-state index < -0.39 is 0 Å². The minimum absolute atomic E-state index is 0. The molecule has 0 aromatic rings. The fourth-order valence-electron chi connectivity index (χ4n) is 1.08. The van der Waals surface area contributed by atoms with E-state index in [1.54, 1.807) is 0 Å². The molecule has 1 heterocycles. The third kappa shape index (κ3) is 1.64. The number of hydrogen-bond donors (Lipinski definition) is 0. The van der Waals surface area contributed by atoms with Gasteiger partial charge in [0.25, 0.3) is 0 Å². The molecule has 2 heteroatoms. The Morgan fingerprint density at radius 2 is 2.12 bits per heavy atom. The fourth-order valence-corrected chi connectivity index (χ4v) is 1.08. The van der Waals surface area contributed by atoms with E-state index >= 15 is 0 Å². The molecular weight excluding hydrogens is 122 g/mol. The molecule has 0 bridgehead atoms. The van der Waals surface area contributed by atoms with Gasteiger partial charge in [-0.1, -0.05) is 0 Å². The molecule has 1 fully saturated rings. The van der Waals surface area contributed by atoms with Crippen LogP contribution in [0, 0.1) is 0 Å². The van der Waals surface area contributed by atoms with Gasteiger partial charge in [-0.15, -0.1) is 12.4 Å². The highest BCUT2D eigenvalue weighted by molar-refractivity contribution is 5.85. The summed E-state index contributed by atoms with van der Waals surface area (Å²) in [7, 11) is 2.19. The Bertz CT molecular complexity index is 57.5. The lowest BCUT2D eigenvalue weighted by Gasteiger charge is -2.12. The van der Waals surface area contributed by atoms with Gasteiger partial charge in [-0.05, 0) is 33.4 Å². The first-order valence-corrected chi connectivity index (χ1v) is 3.01. The first kappa shape index (κ1) is 8.25. The van der Waals surface area contributed by atoms with Crippen LogP contribution < -0.4 is 0 Å². The largest absolute Gasteiger partial charge is 0.304 e. The Morgan fingerprint density at radius 1 is 1.50 bits per heavy atom. The van der Waals surface area contributed by atoms with Gasteiger partial charge in [-0.2, -0.15) is 0 Å². The maximum Gasteiger partial charge on any atom is 0.00643 e. The van der Waals surface area contributed by atoms with Crippen molar-refractivity contribution in [2.24, 2.45) is 0 Å². The predicted molar refractivity (Wildman–Crippen MR) is 38.6 cm³/mol.